The fourth-order valence-electron chi connectivity index (χ4n) is 2.31. The van der Waals surface area contributed by atoms with E-state index >= 15 is 0 Å². The molecule has 7 nitrogen and oxygen atoms in total. The summed E-state index contributed by atoms with van der Waals surface area (Å²) in [4.78, 5) is 35.5. The minimum Gasteiger partial charge on any atom is -0.481 e. The van der Waals surface area contributed by atoms with Crippen LogP contribution in [0.15, 0.2) is 0 Å². The van der Waals surface area contributed by atoms with Crippen LogP contribution in [0, 0.1) is 0 Å². The molecule has 0 unspecified atom stereocenters. The fraction of sp³-hybridized carbons (Fsp3) is 0.786. The Hall–Kier alpha value is -1.63. The van der Waals surface area contributed by atoms with Crippen molar-refractivity contribution in [2.24, 2.45) is 0 Å². The molecule has 1 heterocycles. The highest BCUT2D eigenvalue weighted by Crippen LogP contribution is 2.06. The first-order chi connectivity index (χ1) is 10.1. The number of aliphatic carboxylic acids is 1. The van der Waals surface area contributed by atoms with E-state index in [0.717, 1.165) is 26.1 Å². The first-order valence-corrected chi connectivity index (χ1v) is 7.60. The molecule has 1 fully saturated rings. The van der Waals surface area contributed by atoms with Crippen LogP contribution in [0.5, 0.6) is 0 Å². The van der Waals surface area contributed by atoms with E-state index in [-0.39, 0.29) is 18.7 Å². The summed E-state index contributed by atoms with van der Waals surface area (Å²) >= 11 is 0. The van der Waals surface area contributed by atoms with Crippen molar-refractivity contribution in [2.45, 2.75) is 44.9 Å². The van der Waals surface area contributed by atoms with Crippen LogP contribution < -0.4 is 10.6 Å². The Morgan fingerprint density at radius 2 is 1.67 bits per heavy atom. The number of hydrogen-bond donors (Lipinski definition) is 3. The molecule has 0 atom stereocenters. The molecule has 0 bridgehead atoms. The fourth-order valence-corrected chi connectivity index (χ4v) is 2.31. The van der Waals surface area contributed by atoms with Crippen molar-refractivity contribution in [2.75, 3.05) is 26.2 Å². The first kappa shape index (κ1) is 17.4. The zero-order chi connectivity index (χ0) is 15.5. The molecular weight excluding hydrogens is 274 g/mol. The van der Waals surface area contributed by atoms with Crippen LogP contribution in [0.1, 0.15) is 44.9 Å². The Bertz CT molecular complexity index is 354. The summed E-state index contributed by atoms with van der Waals surface area (Å²) in [5.41, 5.74) is 0. The Morgan fingerprint density at radius 1 is 1.00 bits per heavy atom. The van der Waals surface area contributed by atoms with E-state index in [2.05, 4.69) is 15.5 Å². The highest BCUT2D eigenvalue weighted by atomic mass is 16.4. The van der Waals surface area contributed by atoms with Crippen LogP contribution in [0.2, 0.25) is 0 Å². The van der Waals surface area contributed by atoms with E-state index in [4.69, 9.17) is 5.11 Å². The lowest BCUT2D eigenvalue weighted by Crippen LogP contribution is -2.40. The molecular formula is C14H25N3O4. The lowest BCUT2D eigenvalue weighted by Gasteiger charge is -2.14. The predicted octanol–water partition coefficient (Wildman–Crippen LogP) is 0.943. The van der Waals surface area contributed by atoms with Gasteiger partial charge >= 0.3 is 12.0 Å². The molecule has 3 N–H and O–H groups in total. The number of likely N-dealkylation sites (tertiary alicyclic amines) is 1. The first-order valence-electron chi connectivity index (χ1n) is 7.60. The van der Waals surface area contributed by atoms with Gasteiger partial charge in [-0.25, -0.2) is 4.79 Å². The van der Waals surface area contributed by atoms with E-state index in [1.165, 1.54) is 12.8 Å². The largest absolute Gasteiger partial charge is 0.481 e. The number of nitrogens with one attached hydrogen (secondary N) is 2. The molecule has 1 rings (SSSR count). The number of hydrogen-bond acceptors (Lipinski definition) is 4. The molecule has 0 aromatic heterocycles. The third kappa shape index (κ3) is 9.01. The summed E-state index contributed by atoms with van der Waals surface area (Å²) in [5, 5.41) is 13.4. The SMILES string of the molecule is O=C(O)CCCCC(=O)NC(=O)NCCCN1CCCC1. The molecule has 1 saturated heterocycles. The Morgan fingerprint density at radius 3 is 2.33 bits per heavy atom. The van der Waals surface area contributed by atoms with Crippen LogP contribution in [-0.4, -0.2) is 54.1 Å². The monoisotopic (exact) mass is 299 g/mol. The number of amides is 3. The Balaban J connectivity index is 1.96. The number of nitrogens with zero attached hydrogens (tertiary/aromatic N) is 1. The van der Waals surface area contributed by atoms with Crippen LogP contribution in [0.4, 0.5) is 4.79 Å². The molecule has 0 aromatic rings. The molecule has 21 heavy (non-hydrogen) atoms. The molecule has 3 amide bonds. The number of carbonyl (C=O) groups is 3. The standard InChI is InChI=1S/C14H25N3O4/c18-12(6-1-2-7-13(19)20)16-14(21)15-8-5-11-17-9-3-4-10-17/h1-11H2,(H,19,20)(H2,15,16,18,21). The van der Waals surface area contributed by atoms with Crippen molar-refractivity contribution >= 4 is 17.9 Å². The van der Waals surface area contributed by atoms with Gasteiger partial charge in [-0.1, -0.05) is 0 Å². The third-order valence-electron chi connectivity index (χ3n) is 3.43. The molecule has 1 aliphatic heterocycles. The maximum atomic E-state index is 11.4. The highest BCUT2D eigenvalue weighted by molar-refractivity contribution is 5.94. The number of carbonyl (C=O) groups excluding carboxylic acids is 2. The van der Waals surface area contributed by atoms with Crippen molar-refractivity contribution in [3.8, 4) is 0 Å². The van der Waals surface area contributed by atoms with Crippen molar-refractivity contribution in [1.29, 1.82) is 0 Å². The summed E-state index contributed by atoms with van der Waals surface area (Å²) in [6.07, 6.45) is 4.53. The summed E-state index contributed by atoms with van der Waals surface area (Å²) in [7, 11) is 0. The molecule has 7 heteroatoms. The Labute approximate surface area is 125 Å². The minimum absolute atomic E-state index is 0.0516. The molecule has 0 radical (unpaired) electrons. The number of carboxylic acid groups (broad SMARTS) is 1. The lowest BCUT2D eigenvalue weighted by atomic mass is 10.2. The zero-order valence-electron chi connectivity index (χ0n) is 12.4. The van der Waals surface area contributed by atoms with Gasteiger partial charge in [-0.05, 0) is 51.7 Å². The maximum Gasteiger partial charge on any atom is 0.321 e. The van der Waals surface area contributed by atoms with Crippen molar-refractivity contribution in [1.82, 2.24) is 15.5 Å². The number of carboxylic acids is 1. The zero-order valence-corrected chi connectivity index (χ0v) is 12.4. The number of unbranched alkanes of at least 4 members (excludes halogenated alkanes) is 1. The number of rotatable bonds is 9. The predicted molar refractivity (Wildman–Crippen MR) is 77.9 cm³/mol. The van der Waals surface area contributed by atoms with Gasteiger partial charge in [0.1, 0.15) is 0 Å². The minimum atomic E-state index is -0.869. The molecule has 1 aliphatic rings. The Kier molecular flexibility index (Phi) is 8.42. The third-order valence-corrected chi connectivity index (χ3v) is 3.43. The molecule has 0 aliphatic carbocycles. The van der Waals surface area contributed by atoms with Gasteiger partial charge in [-0.2, -0.15) is 0 Å². The lowest BCUT2D eigenvalue weighted by molar-refractivity contribution is -0.137. The summed E-state index contributed by atoms with van der Waals surface area (Å²) in [5.74, 6) is -1.23. The number of urea groups is 1. The number of imide groups is 1. The van der Waals surface area contributed by atoms with Gasteiger partial charge in [-0.15, -0.1) is 0 Å². The second kappa shape index (κ2) is 10.1. The average molecular weight is 299 g/mol. The smallest absolute Gasteiger partial charge is 0.321 e. The molecule has 120 valence electrons. The van der Waals surface area contributed by atoms with E-state index in [0.29, 0.717) is 19.4 Å². The van der Waals surface area contributed by atoms with Crippen LogP contribution in [0.25, 0.3) is 0 Å². The van der Waals surface area contributed by atoms with Crippen LogP contribution in [-0.2, 0) is 9.59 Å². The molecule has 0 aromatic carbocycles. The van der Waals surface area contributed by atoms with E-state index in [1.54, 1.807) is 0 Å². The maximum absolute atomic E-state index is 11.4. The van der Waals surface area contributed by atoms with Gasteiger partial charge in [0.05, 0.1) is 0 Å². The summed E-state index contributed by atoms with van der Waals surface area (Å²) in [6.45, 7) is 3.81. The molecule has 0 saturated carbocycles. The topological polar surface area (TPSA) is 98.7 Å². The van der Waals surface area contributed by atoms with Gasteiger partial charge in [0.2, 0.25) is 5.91 Å². The van der Waals surface area contributed by atoms with E-state index in [9.17, 15) is 14.4 Å². The van der Waals surface area contributed by atoms with E-state index < -0.39 is 12.0 Å². The second-order valence-electron chi connectivity index (χ2n) is 5.31. The average Bonchev–Trinajstić information content (AvgIpc) is 2.93. The van der Waals surface area contributed by atoms with Crippen LogP contribution in [0.3, 0.4) is 0 Å². The van der Waals surface area contributed by atoms with Gasteiger partial charge in [0, 0.05) is 19.4 Å². The van der Waals surface area contributed by atoms with E-state index in [1.807, 2.05) is 0 Å². The van der Waals surface area contributed by atoms with Gasteiger partial charge < -0.3 is 15.3 Å². The summed E-state index contributed by atoms with van der Waals surface area (Å²) in [6, 6.07) is -0.473. The summed E-state index contributed by atoms with van der Waals surface area (Å²) < 4.78 is 0. The van der Waals surface area contributed by atoms with Crippen molar-refractivity contribution in [3.05, 3.63) is 0 Å². The van der Waals surface area contributed by atoms with Crippen molar-refractivity contribution in [3.63, 3.8) is 0 Å². The highest BCUT2D eigenvalue weighted by Gasteiger charge is 2.11. The van der Waals surface area contributed by atoms with Gasteiger partial charge in [-0.3, -0.25) is 14.9 Å². The second-order valence-corrected chi connectivity index (χ2v) is 5.31. The van der Waals surface area contributed by atoms with Gasteiger partial charge in [0.15, 0.2) is 0 Å². The van der Waals surface area contributed by atoms with Crippen molar-refractivity contribution < 1.29 is 19.5 Å². The van der Waals surface area contributed by atoms with Crippen LogP contribution >= 0.6 is 0 Å². The quantitative estimate of drug-likeness (QED) is 0.550. The normalized spacial score (nSPS) is 14.9. The molecule has 0 spiro atoms. The van der Waals surface area contributed by atoms with Gasteiger partial charge in [0.25, 0.3) is 0 Å².